The fourth-order valence-electron chi connectivity index (χ4n) is 4.55. The molecule has 2 bridgehead atoms. The molecule has 0 aromatic heterocycles. The van der Waals surface area contributed by atoms with Crippen molar-refractivity contribution in [3.8, 4) is 0 Å². The molecule has 2 aliphatic rings. The van der Waals surface area contributed by atoms with Crippen molar-refractivity contribution < 1.29 is 4.92 Å². The van der Waals surface area contributed by atoms with E-state index in [-0.39, 0.29) is 16.0 Å². The van der Waals surface area contributed by atoms with Crippen LogP contribution >= 0.6 is 15.9 Å². The molecular weight excluding hydrogens is 332 g/mol. The zero-order valence-corrected chi connectivity index (χ0v) is 14.2. The molecule has 2 aliphatic carbocycles. The van der Waals surface area contributed by atoms with Crippen LogP contribution < -0.4 is 5.32 Å². The van der Waals surface area contributed by atoms with Gasteiger partial charge in [0.05, 0.1) is 4.92 Å². The Bertz CT molecular complexity index is 597. The summed E-state index contributed by atoms with van der Waals surface area (Å²) in [5.74, 6) is 0.775. The number of hydrogen-bond donors (Lipinski definition) is 1. The third kappa shape index (κ3) is 2.26. The van der Waals surface area contributed by atoms with Crippen LogP contribution in [-0.4, -0.2) is 11.0 Å². The van der Waals surface area contributed by atoms with Crippen molar-refractivity contribution >= 4 is 27.3 Å². The molecule has 3 rings (SSSR count). The van der Waals surface area contributed by atoms with E-state index in [4.69, 9.17) is 0 Å². The average Bonchev–Trinajstić information content (AvgIpc) is 2.87. The van der Waals surface area contributed by atoms with E-state index in [2.05, 4.69) is 42.0 Å². The highest BCUT2D eigenvalue weighted by Gasteiger charge is 2.59. The van der Waals surface area contributed by atoms with Crippen molar-refractivity contribution in [2.24, 2.45) is 16.7 Å². The van der Waals surface area contributed by atoms with Gasteiger partial charge in [-0.1, -0.05) is 20.8 Å². The number of fused-ring (bicyclic) bond motifs is 2. The van der Waals surface area contributed by atoms with E-state index in [0.29, 0.717) is 11.5 Å². The van der Waals surface area contributed by atoms with E-state index in [1.807, 2.05) is 6.07 Å². The van der Waals surface area contributed by atoms with Gasteiger partial charge in [-0.3, -0.25) is 10.1 Å². The highest BCUT2D eigenvalue weighted by Crippen LogP contribution is 2.63. The molecule has 0 aliphatic heterocycles. The van der Waals surface area contributed by atoms with Crippen LogP contribution in [0.25, 0.3) is 0 Å². The molecule has 1 aromatic rings. The fourth-order valence-corrected chi connectivity index (χ4v) is 5.03. The minimum atomic E-state index is -0.364. The van der Waals surface area contributed by atoms with E-state index in [0.717, 1.165) is 16.1 Å². The first-order chi connectivity index (χ1) is 9.74. The van der Waals surface area contributed by atoms with Gasteiger partial charge in [-0.25, -0.2) is 0 Å². The lowest BCUT2D eigenvalue weighted by atomic mass is 9.68. The molecule has 1 N–H and O–H groups in total. The van der Waals surface area contributed by atoms with E-state index in [9.17, 15) is 10.1 Å². The molecule has 0 spiro atoms. The van der Waals surface area contributed by atoms with Crippen molar-refractivity contribution in [3.63, 3.8) is 0 Å². The minimum absolute atomic E-state index is 0.117. The number of halogens is 1. The first kappa shape index (κ1) is 14.8. The van der Waals surface area contributed by atoms with Gasteiger partial charge in [-0.2, -0.15) is 0 Å². The second-order valence-electron chi connectivity index (χ2n) is 7.41. The van der Waals surface area contributed by atoms with Crippen LogP contribution in [0.3, 0.4) is 0 Å². The monoisotopic (exact) mass is 352 g/mol. The number of benzene rings is 1. The predicted molar refractivity (Wildman–Crippen MR) is 87.4 cm³/mol. The SMILES string of the molecule is CC12CCC(C1)C(C)(C)C2Nc1ccc([N+](=O)[O-])cc1Br. The summed E-state index contributed by atoms with van der Waals surface area (Å²) in [7, 11) is 0. The molecule has 2 fully saturated rings. The Labute approximate surface area is 133 Å². The zero-order chi connectivity index (χ0) is 15.4. The number of nitro benzene ring substituents is 1. The van der Waals surface area contributed by atoms with Gasteiger partial charge in [-0.05, 0) is 58.0 Å². The predicted octanol–water partition coefficient (Wildman–Crippen LogP) is 4.98. The van der Waals surface area contributed by atoms with E-state index in [1.165, 1.54) is 19.3 Å². The zero-order valence-electron chi connectivity index (χ0n) is 12.6. The molecule has 0 radical (unpaired) electrons. The highest BCUT2D eigenvalue weighted by atomic mass is 79.9. The van der Waals surface area contributed by atoms with Crippen molar-refractivity contribution in [2.75, 3.05) is 5.32 Å². The number of nitro groups is 1. The number of hydrogen-bond acceptors (Lipinski definition) is 3. The highest BCUT2D eigenvalue weighted by molar-refractivity contribution is 9.10. The van der Waals surface area contributed by atoms with Crippen molar-refractivity contribution in [1.29, 1.82) is 0 Å². The molecule has 0 saturated heterocycles. The average molecular weight is 353 g/mol. The Balaban J connectivity index is 1.88. The van der Waals surface area contributed by atoms with E-state index in [1.54, 1.807) is 12.1 Å². The Morgan fingerprint density at radius 2 is 2.10 bits per heavy atom. The second kappa shape index (κ2) is 4.70. The van der Waals surface area contributed by atoms with Crippen LogP contribution in [0.15, 0.2) is 22.7 Å². The lowest BCUT2D eigenvalue weighted by molar-refractivity contribution is -0.384. The van der Waals surface area contributed by atoms with Crippen molar-refractivity contribution in [3.05, 3.63) is 32.8 Å². The molecule has 114 valence electrons. The molecule has 0 amide bonds. The van der Waals surface area contributed by atoms with E-state index < -0.39 is 0 Å². The van der Waals surface area contributed by atoms with Gasteiger partial charge in [-0.15, -0.1) is 0 Å². The Hall–Kier alpha value is -1.10. The normalized spacial score (nSPS) is 33.1. The number of nitrogens with one attached hydrogen (secondary N) is 1. The summed E-state index contributed by atoms with van der Waals surface area (Å²) in [5.41, 5.74) is 1.65. The number of anilines is 1. The maximum Gasteiger partial charge on any atom is 0.270 e. The van der Waals surface area contributed by atoms with Gasteiger partial charge in [0.15, 0.2) is 0 Å². The summed E-state index contributed by atoms with van der Waals surface area (Å²) in [6.07, 6.45) is 3.87. The summed E-state index contributed by atoms with van der Waals surface area (Å²) >= 11 is 3.46. The Morgan fingerprint density at radius 3 is 2.62 bits per heavy atom. The van der Waals surface area contributed by atoms with Crippen LogP contribution in [0.5, 0.6) is 0 Å². The largest absolute Gasteiger partial charge is 0.380 e. The number of nitrogens with zero attached hydrogens (tertiary/aromatic N) is 1. The summed E-state index contributed by atoms with van der Waals surface area (Å²) in [6, 6.07) is 5.36. The van der Waals surface area contributed by atoms with Crippen LogP contribution in [0, 0.1) is 26.9 Å². The maximum absolute atomic E-state index is 10.8. The molecule has 3 atom stereocenters. The van der Waals surface area contributed by atoms with Crippen LogP contribution in [0.1, 0.15) is 40.0 Å². The molecule has 21 heavy (non-hydrogen) atoms. The van der Waals surface area contributed by atoms with Gasteiger partial charge in [0.2, 0.25) is 0 Å². The van der Waals surface area contributed by atoms with Gasteiger partial charge < -0.3 is 5.32 Å². The third-order valence-corrected chi connectivity index (χ3v) is 6.39. The van der Waals surface area contributed by atoms with E-state index >= 15 is 0 Å². The van der Waals surface area contributed by atoms with Crippen LogP contribution in [-0.2, 0) is 0 Å². The Morgan fingerprint density at radius 1 is 1.38 bits per heavy atom. The van der Waals surface area contributed by atoms with Crippen molar-refractivity contribution in [1.82, 2.24) is 0 Å². The maximum atomic E-state index is 10.8. The first-order valence-electron chi connectivity index (χ1n) is 7.44. The molecule has 1 aromatic carbocycles. The summed E-state index contributed by atoms with van der Waals surface area (Å²) in [5, 5.41) is 14.5. The van der Waals surface area contributed by atoms with Gasteiger partial charge in [0.25, 0.3) is 5.69 Å². The molecule has 0 heterocycles. The standard InChI is InChI=1S/C16H21BrN2O2/c1-15(2)10-6-7-16(3,9-10)14(15)18-13-5-4-11(19(20)21)8-12(13)17/h4-5,8,10,14,18H,6-7,9H2,1-3H3. The number of rotatable bonds is 3. The van der Waals surface area contributed by atoms with Crippen molar-refractivity contribution in [2.45, 2.75) is 46.1 Å². The molecule has 2 saturated carbocycles. The molecule has 4 nitrogen and oxygen atoms in total. The molecular formula is C16H21BrN2O2. The fraction of sp³-hybridized carbons (Fsp3) is 0.625. The van der Waals surface area contributed by atoms with Gasteiger partial charge in [0, 0.05) is 28.3 Å². The lowest BCUT2D eigenvalue weighted by Gasteiger charge is -2.43. The summed E-state index contributed by atoms with van der Waals surface area (Å²) < 4.78 is 0.763. The third-order valence-electron chi connectivity index (χ3n) is 5.73. The smallest absolute Gasteiger partial charge is 0.270 e. The van der Waals surface area contributed by atoms with Crippen LogP contribution in [0.2, 0.25) is 0 Å². The number of non-ortho nitro benzene ring substituents is 1. The Kier molecular flexibility index (Phi) is 3.32. The summed E-state index contributed by atoms with van der Waals surface area (Å²) in [4.78, 5) is 10.5. The summed E-state index contributed by atoms with van der Waals surface area (Å²) in [6.45, 7) is 7.07. The quantitative estimate of drug-likeness (QED) is 0.616. The first-order valence-corrected chi connectivity index (χ1v) is 8.24. The molecule has 3 unspecified atom stereocenters. The topological polar surface area (TPSA) is 55.2 Å². The van der Waals surface area contributed by atoms with Gasteiger partial charge in [0.1, 0.15) is 0 Å². The molecule has 5 heteroatoms. The minimum Gasteiger partial charge on any atom is -0.380 e. The van der Waals surface area contributed by atoms with Gasteiger partial charge >= 0.3 is 0 Å². The lowest BCUT2D eigenvalue weighted by Crippen LogP contribution is -2.45. The second-order valence-corrected chi connectivity index (χ2v) is 8.27. The van der Waals surface area contributed by atoms with Crippen LogP contribution in [0.4, 0.5) is 11.4 Å².